The van der Waals surface area contributed by atoms with Gasteiger partial charge in [-0.2, -0.15) is 13.2 Å². The monoisotopic (exact) mass is 711 g/mol. The molecule has 3 aromatic carbocycles. The van der Waals surface area contributed by atoms with Gasteiger partial charge < -0.3 is 25.9 Å². The standard InChI is InChI=1S/C31H34BrF2N3O2.C2HF3O2/c1-19(2)35-18-29(38)36-26-15-16-27(28(17-26)20-3-9-23(32)10-4-20)31(39)37-30(21-5-11-24(33)12-6-21)22-7-13-25(34)14-8-22;3-2(4,5)1(6)7/h3-14,19,26-28,30,35H,15-18H2,1-2H3,(H,36,38)(H,37,39);(H,6,7)/t26-,27-,28+;/m1./s1. The minimum Gasteiger partial charge on any atom is -0.542 e. The molecule has 1 fully saturated rings. The zero-order valence-electron chi connectivity index (χ0n) is 25.1. The number of nitrogens with one attached hydrogen (secondary N) is 2. The molecule has 248 valence electrons. The third kappa shape index (κ3) is 11.2. The van der Waals surface area contributed by atoms with E-state index in [1.165, 1.54) is 24.3 Å². The lowest BCUT2D eigenvalue weighted by Crippen LogP contribution is -2.90. The molecular formula is C33H35BrF5N3O4. The van der Waals surface area contributed by atoms with Crippen LogP contribution < -0.4 is 21.1 Å². The molecule has 0 spiro atoms. The average molecular weight is 713 g/mol. The minimum atomic E-state index is -5.19. The maximum Gasteiger partial charge on any atom is 0.430 e. The van der Waals surface area contributed by atoms with Crippen molar-refractivity contribution >= 4 is 33.7 Å². The number of halogens is 6. The Morgan fingerprint density at radius 2 is 1.39 bits per heavy atom. The maximum absolute atomic E-state index is 13.9. The van der Waals surface area contributed by atoms with Gasteiger partial charge in [0.15, 0.2) is 6.54 Å². The van der Waals surface area contributed by atoms with Crippen LogP contribution in [0.3, 0.4) is 0 Å². The van der Waals surface area contributed by atoms with Crippen molar-refractivity contribution in [2.75, 3.05) is 6.54 Å². The summed E-state index contributed by atoms with van der Waals surface area (Å²) in [6, 6.07) is 19.7. The number of carbonyl (C=O) groups is 3. The van der Waals surface area contributed by atoms with Gasteiger partial charge in [0.25, 0.3) is 5.91 Å². The van der Waals surface area contributed by atoms with Gasteiger partial charge in [0.05, 0.1) is 12.1 Å². The molecule has 0 bridgehead atoms. The van der Waals surface area contributed by atoms with Crippen molar-refractivity contribution in [1.82, 2.24) is 10.6 Å². The van der Waals surface area contributed by atoms with E-state index in [0.717, 1.165) is 10.0 Å². The highest BCUT2D eigenvalue weighted by atomic mass is 79.9. The van der Waals surface area contributed by atoms with E-state index < -0.39 is 18.2 Å². The molecule has 3 atom stereocenters. The summed E-state index contributed by atoms with van der Waals surface area (Å²) in [6.45, 7) is 4.47. The van der Waals surface area contributed by atoms with Gasteiger partial charge >= 0.3 is 6.18 Å². The largest absolute Gasteiger partial charge is 0.542 e. The molecule has 0 saturated heterocycles. The van der Waals surface area contributed by atoms with Crippen LogP contribution in [-0.4, -0.2) is 42.6 Å². The van der Waals surface area contributed by atoms with E-state index in [1.807, 2.05) is 43.4 Å². The van der Waals surface area contributed by atoms with E-state index in [4.69, 9.17) is 9.90 Å². The van der Waals surface area contributed by atoms with Crippen LogP contribution >= 0.6 is 15.9 Å². The summed E-state index contributed by atoms with van der Waals surface area (Å²) in [7, 11) is 0. The van der Waals surface area contributed by atoms with Gasteiger partial charge in [0.1, 0.15) is 17.6 Å². The quantitative estimate of drug-likeness (QED) is 0.288. The van der Waals surface area contributed by atoms with Crippen molar-refractivity contribution in [2.45, 2.75) is 63.3 Å². The zero-order valence-corrected chi connectivity index (χ0v) is 26.7. The smallest absolute Gasteiger partial charge is 0.430 e. The molecule has 3 aromatic rings. The summed E-state index contributed by atoms with van der Waals surface area (Å²) in [5.41, 5.74) is 2.45. The Bertz CT molecular complexity index is 1410. The Morgan fingerprint density at radius 3 is 1.85 bits per heavy atom. The zero-order chi connectivity index (χ0) is 34.0. The Labute approximate surface area is 272 Å². The van der Waals surface area contributed by atoms with Crippen LogP contribution in [0.1, 0.15) is 61.8 Å². The number of alkyl halides is 3. The summed E-state index contributed by atoms with van der Waals surface area (Å²) < 4.78 is 59.8. The van der Waals surface area contributed by atoms with Crippen molar-refractivity contribution in [3.63, 3.8) is 0 Å². The molecular weight excluding hydrogens is 677 g/mol. The number of carboxylic acids is 1. The van der Waals surface area contributed by atoms with Crippen molar-refractivity contribution < 1.29 is 46.8 Å². The second-order valence-corrected chi connectivity index (χ2v) is 12.3. The Hall–Kier alpha value is -3.84. The van der Waals surface area contributed by atoms with Crippen LogP contribution in [0, 0.1) is 17.6 Å². The number of hydrogen-bond donors (Lipinski definition) is 3. The fourth-order valence-corrected chi connectivity index (χ4v) is 5.51. The predicted octanol–water partition coefficient (Wildman–Crippen LogP) is 4.27. The lowest BCUT2D eigenvalue weighted by Gasteiger charge is -2.37. The molecule has 4 N–H and O–H groups in total. The number of hydrogen-bond acceptors (Lipinski definition) is 4. The lowest BCUT2D eigenvalue weighted by molar-refractivity contribution is -0.672. The van der Waals surface area contributed by atoms with Crippen molar-refractivity contribution in [2.24, 2.45) is 5.92 Å². The second kappa shape index (κ2) is 16.6. The number of benzene rings is 3. The number of carboxylic acid groups (broad SMARTS) is 1. The third-order valence-corrected chi connectivity index (χ3v) is 8.08. The number of nitrogens with two attached hydrogens (primary N) is 1. The highest BCUT2D eigenvalue weighted by Gasteiger charge is 2.37. The topological polar surface area (TPSA) is 115 Å². The molecule has 0 unspecified atom stereocenters. The molecule has 7 nitrogen and oxygen atoms in total. The number of carbonyl (C=O) groups excluding carboxylic acids is 3. The first-order chi connectivity index (χ1) is 21.6. The van der Waals surface area contributed by atoms with Gasteiger partial charge in [0, 0.05) is 16.4 Å². The lowest BCUT2D eigenvalue weighted by atomic mass is 9.73. The molecule has 4 rings (SSSR count). The number of amides is 2. The SMILES string of the molecule is CC(C)[NH2+]CC(=O)N[C@@H]1CC[C@@H](C(=O)NC(c2ccc(F)cc2)c2ccc(F)cc2)[C@H](c2ccc(Br)cc2)C1.O=C([O-])C(F)(F)F. The van der Waals surface area contributed by atoms with Crippen LogP contribution in [0.5, 0.6) is 0 Å². The number of quaternary nitrogens is 1. The van der Waals surface area contributed by atoms with E-state index in [1.54, 1.807) is 24.3 Å². The molecule has 13 heteroatoms. The van der Waals surface area contributed by atoms with Crippen molar-refractivity contribution in [3.8, 4) is 0 Å². The average Bonchev–Trinajstić information content (AvgIpc) is 3.00. The predicted molar refractivity (Wildman–Crippen MR) is 162 cm³/mol. The normalized spacial score (nSPS) is 18.0. The molecule has 0 heterocycles. The highest BCUT2D eigenvalue weighted by molar-refractivity contribution is 9.10. The molecule has 0 aliphatic heterocycles. The summed E-state index contributed by atoms with van der Waals surface area (Å²) in [5.74, 6) is -4.31. The third-order valence-electron chi connectivity index (χ3n) is 7.55. The summed E-state index contributed by atoms with van der Waals surface area (Å²) in [5, 5.41) is 17.1. The summed E-state index contributed by atoms with van der Waals surface area (Å²) in [4.78, 5) is 35.2. The fourth-order valence-electron chi connectivity index (χ4n) is 5.24. The molecule has 1 saturated carbocycles. The van der Waals surface area contributed by atoms with Crippen LogP contribution in [0.4, 0.5) is 22.0 Å². The molecule has 2 amide bonds. The van der Waals surface area contributed by atoms with Crippen LogP contribution in [0.25, 0.3) is 0 Å². The maximum atomic E-state index is 13.9. The van der Waals surface area contributed by atoms with Crippen molar-refractivity contribution in [3.05, 3.63) is 106 Å². The van der Waals surface area contributed by atoms with E-state index in [2.05, 4.69) is 26.6 Å². The highest BCUT2D eigenvalue weighted by Crippen LogP contribution is 2.39. The first-order valence-electron chi connectivity index (χ1n) is 14.6. The minimum absolute atomic E-state index is 0.00107. The molecule has 46 heavy (non-hydrogen) atoms. The van der Waals surface area contributed by atoms with Crippen LogP contribution in [0.15, 0.2) is 77.3 Å². The molecule has 0 aromatic heterocycles. The van der Waals surface area contributed by atoms with Gasteiger partial charge in [-0.15, -0.1) is 0 Å². The number of rotatable bonds is 9. The van der Waals surface area contributed by atoms with Gasteiger partial charge in [0.2, 0.25) is 5.91 Å². The van der Waals surface area contributed by atoms with Crippen LogP contribution in [-0.2, 0) is 14.4 Å². The van der Waals surface area contributed by atoms with Gasteiger partial charge in [-0.05, 0) is 92.1 Å². The molecule has 1 aliphatic rings. The van der Waals surface area contributed by atoms with E-state index >= 15 is 0 Å². The van der Waals surface area contributed by atoms with E-state index in [9.17, 15) is 31.5 Å². The molecule has 0 radical (unpaired) electrons. The first kappa shape index (κ1) is 36.6. The Morgan fingerprint density at radius 1 is 0.891 bits per heavy atom. The number of aliphatic carboxylic acids is 1. The van der Waals surface area contributed by atoms with Gasteiger partial charge in [-0.1, -0.05) is 52.3 Å². The summed E-state index contributed by atoms with van der Waals surface area (Å²) >= 11 is 3.49. The Balaban J connectivity index is 0.000000738. The summed E-state index contributed by atoms with van der Waals surface area (Å²) in [6.07, 6.45) is -3.26. The van der Waals surface area contributed by atoms with Gasteiger partial charge in [-0.3, -0.25) is 9.59 Å². The van der Waals surface area contributed by atoms with Gasteiger partial charge in [-0.25, -0.2) is 8.78 Å². The second-order valence-electron chi connectivity index (χ2n) is 11.4. The van der Waals surface area contributed by atoms with Crippen LogP contribution in [0.2, 0.25) is 0 Å². The fraction of sp³-hybridized carbons (Fsp3) is 0.364. The Kier molecular flexibility index (Phi) is 13.2. The van der Waals surface area contributed by atoms with Crippen molar-refractivity contribution in [1.29, 1.82) is 0 Å². The van der Waals surface area contributed by atoms with E-state index in [-0.39, 0.29) is 41.3 Å². The molecule has 1 aliphatic carbocycles. The van der Waals surface area contributed by atoms with E-state index in [0.29, 0.717) is 43.0 Å². The first-order valence-corrected chi connectivity index (χ1v) is 15.4.